The zero-order valence-electron chi connectivity index (χ0n) is 21.9. The summed E-state index contributed by atoms with van der Waals surface area (Å²) in [5, 5.41) is 9.97. The number of H-pyrrole nitrogens is 2. The molecule has 0 aliphatic heterocycles. The standard InChI is InChI=1S/C29H24F2N8O/c1-29(2,3)11-21(40)35-18-10-16(12-32-13-18)19-14-34-27-22(23(19)31)26(38-39-27)28-36-20-7-8-33-24(25(20)37-28)15-5-4-6-17(30)9-15/h4-10,12-14H,11H2,1-3H3,(H,35,40)(H,36,37)(H,34,38,39). The highest BCUT2D eigenvalue weighted by atomic mass is 19.1. The van der Waals surface area contributed by atoms with Gasteiger partial charge in [-0.2, -0.15) is 5.10 Å². The molecule has 0 unspecified atom stereocenters. The Hall–Kier alpha value is -5.06. The van der Waals surface area contributed by atoms with Crippen molar-refractivity contribution < 1.29 is 13.6 Å². The van der Waals surface area contributed by atoms with Crippen LogP contribution in [-0.4, -0.2) is 41.0 Å². The molecule has 6 aromatic rings. The van der Waals surface area contributed by atoms with Crippen molar-refractivity contribution in [1.82, 2.24) is 35.1 Å². The Bertz CT molecular complexity index is 1900. The molecule has 11 heteroatoms. The molecule has 0 saturated carbocycles. The number of anilines is 1. The molecule has 0 fully saturated rings. The Morgan fingerprint density at radius 3 is 2.67 bits per heavy atom. The second-order valence-corrected chi connectivity index (χ2v) is 10.7. The van der Waals surface area contributed by atoms with Crippen molar-refractivity contribution in [2.75, 3.05) is 5.32 Å². The summed E-state index contributed by atoms with van der Waals surface area (Å²) < 4.78 is 30.0. The zero-order valence-corrected chi connectivity index (χ0v) is 21.9. The minimum absolute atomic E-state index is 0.138. The summed E-state index contributed by atoms with van der Waals surface area (Å²) in [6.45, 7) is 5.92. The lowest BCUT2D eigenvalue weighted by Gasteiger charge is -2.17. The van der Waals surface area contributed by atoms with Crippen molar-refractivity contribution >= 4 is 33.7 Å². The summed E-state index contributed by atoms with van der Waals surface area (Å²) in [5.41, 5.74) is 3.55. The molecule has 0 aliphatic rings. The minimum atomic E-state index is -0.572. The summed E-state index contributed by atoms with van der Waals surface area (Å²) in [4.78, 5) is 33.2. The molecule has 5 aromatic heterocycles. The molecule has 0 spiro atoms. The monoisotopic (exact) mass is 538 g/mol. The van der Waals surface area contributed by atoms with Crippen LogP contribution in [-0.2, 0) is 4.79 Å². The summed E-state index contributed by atoms with van der Waals surface area (Å²) in [6, 6.07) is 9.47. The number of benzene rings is 1. The second-order valence-electron chi connectivity index (χ2n) is 10.7. The number of hydrogen-bond donors (Lipinski definition) is 3. The van der Waals surface area contributed by atoms with Gasteiger partial charge < -0.3 is 10.3 Å². The molecule has 5 heterocycles. The molecule has 1 amide bonds. The number of aromatic nitrogens is 7. The van der Waals surface area contributed by atoms with Crippen LogP contribution in [0.3, 0.4) is 0 Å². The van der Waals surface area contributed by atoms with Crippen molar-refractivity contribution in [3.8, 4) is 33.9 Å². The second kappa shape index (κ2) is 9.60. The third-order valence-electron chi connectivity index (χ3n) is 6.28. The van der Waals surface area contributed by atoms with Gasteiger partial charge in [-0.1, -0.05) is 32.9 Å². The summed E-state index contributed by atoms with van der Waals surface area (Å²) in [5.74, 6) is -0.797. The number of imidazole rings is 1. The zero-order chi connectivity index (χ0) is 28.0. The van der Waals surface area contributed by atoms with Crippen LogP contribution >= 0.6 is 0 Å². The van der Waals surface area contributed by atoms with Crippen LogP contribution in [0.4, 0.5) is 14.5 Å². The van der Waals surface area contributed by atoms with E-state index in [1.54, 1.807) is 30.5 Å². The Morgan fingerprint density at radius 1 is 1.02 bits per heavy atom. The molecule has 0 saturated heterocycles. The predicted molar refractivity (Wildman–Crippen MR) is 148 cm³/mol. The highest BCUT2D eigenvalue weighted by Gasteiger charge is 2.22. The average molecular weight is 539 g/mol. The van der Waals surface area contributed by atoms with Crippen molar-refractivity contribution in [2.45, 2.75) is 27.2 Å². The fraction of sp³-hybridized carbons (Fsp3) is 0.172. The first-order chi connectivity index (χ1) is 19.2. The number of carbonyl (C=O) groups is 1. The Balaban J connectivity index is 1.40. The number of fused-ring (bicyclic) bond motifs is 2. The van der Waals surface area contributed by atoms with E-state index < -0.39 is 5.82 Å². The molecule has 0 aliphatic carbocycles. The molecule has 6 rings (SSSR count). The first-order valence-electron chi connectivity index (χ1n) is 12.6. The third kappa shape index (κ3) is 4.77. The van der Waals surface area contributed by atoms with E-state index in [0.29, 0.717) is 51.5 Å². The molecule has 0 radical (unpaired) electrons. The van der Waals surface area contributed by atoms with Gasteiger partial charge in [0.2, 0.25) is 5.91 Å². The summed E-state index contributed by atoms with van der Waals surface area (Å²) in [7, 11) is 0. The number of amides is 1. The van der Waals surface area contributed by atoms with Crippen LogP contribution in [0, 0.1) is 17.0 Å². The summed E-state index contributed by atoms with van der Waals surface area (Å²) in [6.07, 6.45) is 6.31. The van der Waals surface area contributed by atoms with Gasteiger partial charge in [0.25, 0.3) is 0 Å². The highest BCUT2D eigenvalue weighted by Crippen LogP contribution is 2.34. The molecule has 40 heavy (non-hydrogen) atoms. The van der Waals surface area contributed by atoms with Crippen LogP contribution in [0.5, 0.6) is 0 Å². The van der Waals surface area contributed by atoms with Gasteiger partial charge in [0.05, 0.1) is 28.5 Å². The SMILES string of the molecule is CC(C)(C)CC(=O)Nc1cncc(-c2cnc3n[nH]c(-c4nc5c(-c6cccc(F)c6)nccc5[nH]4)c3c2F)c1. The topological polar surface area (TPSA) is 125 Å². The normalized spacial score (nSPS) is 11.8. The Labute approximate surface area is 227 Å². The number of nitrogens with zero attached hydrogens (tertiary/aromatic N) is 5. The maximum absolute atomic E-state index is 16.1. The van der Waals surface area contributed by atoms with Crippen LogP contribution in [0.25, 0.3) is 56.0 Å². The van der Waals surface area contributed by atoms with Gasteiger partial charge in [-0.25, -0.2) is 18.7 Å². The van der Waals surface area contributed by atoms with Crippen molar-refractivity contribution in [3.63, 3.8) is 0 Å². The number of pyridine rings is 3. The number of nitrogens with one attached hydrogen (secondary N) is 3. The van der Waals surface area contributed by atoms with Gasteiger partial charge in [0.15, 0.2) is 11.5 Å². The molecule has 1 aromatic carbocycles. The van der Waals surface area contributed by atoms with Gasteiger partial charge >= 0.3 is 0 Å². The molecular weight excluding hydrogens is 514 g/mol. The lowest BCUT2D eigenvalue weighted by atomic mass is 9.92. The molecule has 9 nitrogen and oxygen atoms in total. The van der Waals surface area contributed by atoms with Gasteiger partial charge in [-0.15, -0.1) is 0 Å². The van der Waals surface area contributed by atoms with Gasteiger partial charge in [0, 0.05) is 41.7 Å². The number of carbonyl (C=O) groups excluding carboxylic acids is 1. The smallest absolute Gasteiger partial charge is 0.224 e. The maximum Gasteiger partial charge on any atom is 0.224 e. The maximum atomic E-state index is 16.1. The van der Waals surface area contributed by atoms with Crippen molar-refractivity contribution in [3.05, 3.63) is 72.8 Å². The van der Waals surface area contributed by atoms with Gasteiger partial charge in [-0.3, -0.25) is 19.9 Å². The number of halogens is 2. The Morgan fingerprint density at radius 2 is 1.88 bits per heavy atom. The van der Waals surface area contributed by atoms with Crippen LogP contribution < -0.4 is 5.32 Å². The number of rotatable bonds is 5. The average Bonchev–Trinajstić information content (AvgIpc) is 3.52. The van der Waals surface area contributed by atoms with E-state index in [2.05, 4.69) is 40.4 Å². The first kappa shape index (κ1) is 25.2. The largest absolute Gasteiger partial charge is 0.337 e. The van der Waals surface area contributed by atoms with E-state index in [1.807, 2.05) is 20.8 Å². The van der Waals surface area contributed by atoms with E-state index in [1.165, 1.54) is 30.7 Å². The van der Waals surface area contributed by atoms with Crippen LogP contribution in [0.1, 0.15) is 27.2 Å². The molecular formula is C29H24F2N8O. The third-order valence-corrected chi connectivity index (χ3v) is 6.28. The highest BCUT2D eigenvalue weighted by molar-refractivity contribution is 5.97. The summed E-state index contributed by atoms with van der Waals surface area (Å²) >= 11 is 0. The van der Waals surface area contributed by atoms with Crippen LogP contribution in [0.2, 0.25) is 0 Å². The molecule has 0 bridgehead atoms. The lowest BCUT2D eigenvalue weighted by Crippen LogP contribution is -2.19. The van der Waals surface area contributed by atoms with Crippen LogP contribution in [0.15, 0.2) is 61.2 Å². The van der Waals surface area contributed by atoms with E-state index in [9.17, 15) is 9.18 Å². The molecule has 3 N–H and O–H groups in total. The van der Waals surface area contributed by atoms with E-state index in [4.69, 9.17) is 0 Å². The minimum Gasteiger partial charge on any atom is -0.337 e. The fourth-order valence-corrected chi connectivity index (χ4v) is 4.57. The van der Waals surface area contributed by atoms with E-state index in [-0.39, 0.29) is 33.7 Å². The van der Waals surface area contributed by atoms with Gasteiger partial charge in [-0.05, 0) is 29.7 Å². The molecule has 0 atom stereocenters. The lowest BCUT2D eigenvalue weighted by molar-refractivity contribution is -0.117. The van der Waals surface area contributed by atoms with Gasteiger partial charge in [0.1, 0.15) is 22.8 Å². The van der Waals surface area contributed by atoms with Crippen molar-refractivity contribution in [2.24, 2.45) is 5.41 Å². The Kier molecular flexibility index (Phi) is 6.05. The van der Waals surface area contributed by atoms with Crippen molar-refractivity contribution in [1.29, 1.82) is 0 Å². The first-order valence-corrected chi connectivity index (χ1v) is 12.6. The number of aromatic amines is 2. The predicted octanol–water partition coefficient (Wildman–Crippen LogP) is 6.28. The fourth-order valence-electron chi connectivity index (χ4n) is 4.57. The molecule has 200 valence electrons. The van der Waals surface area contributed by atoms with E-state index in [0.717, 1.165) is 0 Å². The van der Waals surface area contributed by atoms with E-state index >= 15 is 4.39 Å². The number of hydrogen-bond acceptors (Lipinski definition) is 6. The quantitative estimate of drug-likeness (QED) is 0.237.